The van der Waals surface area contributed by atoms with Crippen LogP contribution in [0, 0.1) is 0 Å². The molecule has 0 saturated carbocycles. The van der Waals surface area contributed by atoms with Crippen molar-refractivity contribution in [3.05, 3.63) is 60.2 Å². The predicted molar refractivity (Wildman–Crippen MR) is 78.5 cm³/mol. The monoisotopic (exact) mass is 285 g/mol. The molecule has 0 radical (unpaired) electrons. The van der Waals surface area contributed by atoms with Crippen LogP contribution < -0.4 is 4.74 Å². The van der Waals surface area contributed by atoms with Crippen molar-refractivity contribution in [3.8, 4) is 11.5 Å². The lowest BCUT2D eigenvalue weighted by Gasteiger charge is -2.11. The molecular weight excluding hydrogens is 270 g/mol. The van der Waals surface area contributed by atoms with Crippen molar-refractivity contribution in [1.82, 2.24) is 0 Å². The van der Waals surface area contributed by atoms with E-state index in [1.54, 1.807) is 18.2 Å². The Bertz CT molecular complexity index is 638. The summed E-state index contributed by atoms with van der Waals surface area (Å²) in [6.45, 7) is 0. The van der Waals surface area contributed by atoms with E-state index < -0.39 is 5.97 Å². The maximum Gasteiger partial charge on any atom is 0.360 e. The van der Waals surface area contributed by atoms with Gasteiger partial charge in [-0.2, -0.15) is 0 Å². The van der Waals surface area contributed by atoms with Crippen LogP contribution in [0.1, 0.15) is 5.56 Å². The molecule has 0 aliphatic carbocycles. The molecule has 0 fully saturated rings. The topological polar surface area (TPSA) is 57.1 Å². The highest BCUT2D eigenvalue weighted by atomic mass is 16.6. The maximum atomic E-state index is 11.8. The summed E-state index contributed by atoms with van der Waals surface area (Å²) in [6, 6.07) is 16.3. The number of rotatable bonds is 5. The second kappa shape index (κ2) is 7.09. The lowest BCUT2D eigenvalue weighted by atomic mass is 10.1. The molecule has 2 aromatic carbocycles. The Kier molecular flexibility index (Phi) is 4.93. The van der Waals surface area contributed by atoms with Crippen LogP contribution in [0.25, 0.3) is 0 Å². The molecule has 0 unspecified atom stereocenters. The first-order valence-electron chi connectivity index (χ1n) is 6.28. The van der Waals surface area contributed by atoms with E-state index in [9.17, 15) is 4.79 Å². The van der Waals surface area contributed by atoms with Crippen molar-refractivity contribution in [2.75, 3.05) is 14.2 Å². The lowest BCUT2D eigenvalue weighted by Crippen LogP contribution is -2.18. The molecule has 0 bridgehead atoms. The fourth-order valence-corrected chi connectivity index (χ4v) is 1.75. The van der Waals surface area contributed by atoms with E-state index >= 15 is 0 Å². The zero-order valence-electron chi connectivity index (χ0n) is 11.8. The van der Waals surface area contributed by atoms with E-state index in [-0.39, 0.29) is 5.71 Å². The number of hydrogen-bond acceptors (Lipinski definition) is 5. The number of esters is 1. The number of hydrogen-bond donors (Lipinski definition) is 0. The van der Waals surface area contributed by atoms with Gasteiger partial charge >= 0.3 is 5.97 Å². The average molecular weight is 285 g/mol. The van der Waals surface area contributed by atoms with Crippen LogP contribution in [0.2, 0.25) is 0 Å². The fraction of sp³-hybridized carbons (Fsp3) is 0.125. The normalized spacial score (nSPS) is 10.9. The van der Waals surface area contributed by atoms with Crippen LogP contribution in [-0.4, -0.2) is 25.9 Å². The molecule has 0 spiro atoms. The highest BCUT2D eigenvalue weighted by Crippen LogP contribution is 2.26. The number of carbonyl (C=O) groups is 1. The number of nitrogens with zero attached hydrogens (tertiary/aromatic N) is 1. The summed E-state index contributed by atoms with van der Waals surface area (Å²) in [5.74, 6) is 0.553. The zero-order valence-corrected chi connectivity index (χ0v) is 11.8. The fourth-order valence-electron chi connectivity index (χ4n) is 1.75. The van der Waals surface area contributed by atoms with Gasteiger partial charge in [0.1, 0.15) is 18.6 Å². The van der Waals surface area contributed by atoms with Gasteiger partial charge in [-0.3, -0.25) is 0 Å². The number of para-hydroxylation sites is 2. The van der Waals surface area contributed by atoms with E-state index in [0.717, 1.165) is 0 Å². The first-order chi connectivity index (χ1) is 10.3. The number of methoxy groups -OCH3 is 1. The SMILES string of the molecule is CO/N=C(/C(=O)OC)c1ccccc1Oc1ccccc1. The average Bonchev–Trinajstić information content (AvgIpc) is 2.54. The summed E-state index contributed by atoms with van der Waals surface area (Å²) in [6.07, 6.45) is 0. The van der Waals surface area contributed by atoms with E-state index in [2.05, 4.69) is 5.16 Å². The number of oxime groups is 1. The summed E-state index contributed by atoms with van der Waals surface area (Å²) in [5, 5.41) is 3.73. The summed E-state index contributed by atoms with van der Waals surface area (Å²) in [7, 11) is 2.65. The molecule has 0 amide bonds. The first-order valence-corrected chi connectivity index (χ1v) is 6.28. The van der Waals surface area contributed by atoms with Gasteiger partial charge in [0, 0.05) is 0 Å². The van der Waals surface area contributed by atoms with Crippen LogP contribution in [0.5, 0.6) is 11.5 Å². The highest BCUT2D eigenvalue weighted by Gasteiger charge is 2.20. The number of carbonyl (C=O) groups excluding carboxylic acids is 1. The van der Waals surface area contributed by atoms with Crippen LogP contribution >= 0.6 is 0 Å². The van der Waals surface area contributed by atoms with Gasteiger partial charge in [0.25, 0.3) is 0 Å². The van der Waals surface area contributed by atoms with Gasteiger partial charge in [-0.1, -0.05) is 35.5 Å². The maximum absolute atomic E-state index is 11.8. The van der Waals surface area contributed by atoms with Gasteiger partial charge in [0.2, 0.25) is 0 Å². The van der Waals surface area contributed by atoms with Crippen molar-refractivity contribution in [1.29, 1.82) is 0 Å². The molecule has 21 heavy (non-hydrogen) atoms. The highest BCUT2D eigenvalue weighted by molar-refractivity contribution is 6.43. The minimum absolute atomic E-state index is 0.0477. The third-order valence-corrected chi connectivity index (χ3v) is 2.67. The standard InChI is InChI=1S/C16H15NO4/c1-19-16(18)15(17-20-2)13-10-6-7-11-14(13)21-12-8-4-3-5-9-12/h3-11H,1-2H3/b17-15+. The molecule has 0 aliphatic heterocycles. The van der Waals surface area contributed by atoms with Crippen molar-refractivity contribution >= 4 is 11.7 Å². The third-order valence-electron chi connectivity index (χ3n) is 2.67. The molecule has 0 heterocycles. The molecule has 0 aromatic heterocycles. The van der Waals surface area contributed by atoms with Gasteiger partial charge in [0.15, 0.2) is 5.71 Å². The van der Waals surface area contributed by atoms with Gasteiger partial charge in [-0.05, 0) is 24.3 Å². The van der Waals surface area contributed by atoms with Gasteiger partial charge in [-0.15, -0.1) is 0 Å². The summed E-state index contributed by atoms with van der Waals surface area (Å²) < 4.78 is 10.5. The first kappa shape index (κ1) is 14.6. The number of benzene rings is 2. The Labute approximate surface area is 122 Å². The minimum Gasteiger partial charge on any atom is -0.464 e. The molecule has 0 N–H and O–H groups in total. The third kappa shape index (κ3) is 3.60. The predicted octanol–water partition coefficient (Wildman–Crippen LogP) is 3.00. The summed E-state index contributed by atoms with van der Waals surface area (Å²) in [5.41, 5.74) is 0.543. The van der Waals surface area contributed by atoms with Crippen molar-refractivity contribution in [2.24, 2.45) is 5.16 Å². The molecule has 0 atom stereocenters. The Balaban J connectivity index is 2.40. The van der Waals surface area contributed by atoms with Crippen molar-refractivity contribution < 1.29 is 19.1 Å². The van der Waals surface area contributed by atoms with Crippen LogP contribution in [0.4, 0.5) is 0 Å². The Morgan fingerprint density at radius 3 is 2.29 bits per heavy atom. The molecule has 2 rings (SSSR count). The van der Waals surface area contributed by atoms with E-state index in [1.807, 2.05) is 36.4 Å². The Morgan fingerprint density at radius 1 is 0.952 bits per heavy atom. The Morgan fingerprint density at radius 2 is 1.62 bits per heavy atom. The second-order valence-electron chi connectivity index (χ2n) is 4.03. The van der Waals surface area contributed by atoms with E-state index in [1.165, 1.54) is 14.2 Å². The minimum atomic E-state index is -0.596. The van der Waals surface area contributed by atoms with E-state index in [0.29, 0.717) is 17.1 Å². The van der Waals surface area contributed by atoms with E-state index in [4.69, 9.17) is 14.3 Å². The molecule has 108 valence electrons. The van der Waals surface area contributed by atoms with Crippen LogP contribution in [0.15, 0.2) is 59.8 Å². The summed E-state index contributed by atoms with van der Waals surface area (Å²) >= 11 is 0. The molecular formula is C16H15NO4. The van der Waals surface area contributed by atoms with Gasteiger partial charge in [0.05, 0.1) is 12.7 Å². The van der Waals surface area contributed by atoms with Crippen LogP contribution in [-0.2, 0) is 14.4 Å². The molecule has 0 saturated heterocycles. The largest absolute Gasteiger partial charge is 0.464 e. The Hall–Kier alpha value is -2.82. The molecule has 2 aromatic rings. The summed E-state index contributed by atoms with van der Waals surface area (Å²) in [4.78, 5) is 16.5. The van der Waals surface area contributed by atoms with Crippen LogP contribution in [0.3, 0.4) is 0 Å². The second-order valence-corrected chi connectivity index (χ2v) is 4.03. The zero-order chi connectivity index (χ0) is 15.1. The van der Waals surface area contributed by atoms with Gasteiger partial charge in [-0.25, -0.2) is 4.79 Å². The van der Waals surface area contributed by atoms with Gasteiger partial charge < -0.3 is 14.3 Å². The quantitative estimate of drug-likeness (QED) is 0.481. The van der Waals surface area contributed by atoms with Crippen molar-refractivity contribution in [3.63, 3.8) is 0 Å². The smallest absolute Gasteiger partial charge is 0.360 e. The molecule has 0 aliphatic rings. The molecule has 5 heteroatoms. The van der Waals surface area contributed by atoms with Crippen molar-refractivity contribution in [2.45, 2.75) is 0 Å². The number of ether oxygens (including phenoxy) is 2. The molecule has 5 nitrogen and oxygen atoms in total. The lowest BCUT2D eigenvalue weighted by molar-refractivity contribution is -0.132.